The van der Waals surface area contributed by atoms with Crippen LogP contribution >= 0.6 is 0 Å². The number of alkyl halides is 10. The van der Waals surface area contributed by atoms with Gasteiger partial charge in [-0.1, -0.05) is 67.2 Å². The molecular weight excluding hydrogens is 690 g/mol. The molecule has 0 unspecified atom stereocenters. The number of carbonyl (C=O) groups excluding carboxylic acids is 1. The molecule has 0 atom stereocenters. The molecule has 0 heterocycles. The molecule has 260 valence electrons. The van der Waals surface area contributed by atoms with E-state index < -0.39 is 42.9 Å². The second kappa shape index (κ2) is 15.6. The van der Waals surface area contributed by atoms with Gasteiger partial charge < -0.3 is 13.3 Å². The van der Waals surface area contributed by atoms with Crippen LogP contribution in [0.2, 0.25) is 0 Å². The van der Waals surface area contributed by atoms with Crippen LogP contribution in [-0.4, -0.2) is 69.8 Å². The summed E-state index contributed by atoms with van der Waals surface area (Å²) in [5, 5.41) is -14.0. The maximum atomic E-state index is 12.3. The summed E-state index contributed by atoms with van der Waals surface area (Å²) in [6.07, 6.45) is -11.9. The molecule has 0 aromatic heterocycles. The highest BCUT2D eigenvalue weighted by molar-refractivity contribution is 8.13. The lowest BCUT2D eigenvalue weighted by molar-refractivity contribution is -0.952. The third kappa shape index (κ3) is 10.7. The first-order chi connectivity index (χ1) is 20.9. The minimum Gasteiger partial charge on any atom is -0.462 e. The highest BCUT2D eigenvalue weighted by Gasteiger charge is 2.68. The van der Waals surface area contributed by atoms with Crippen molar-refractivity contribution in [2.24, 2.45) is 0 Å². The zero-order chi connectivity index (χ0) is 35.7. The fourth-order valence-electron chi connectivity index (χ4n) is 3.68. The number of benzene rings is 2. The third-order valence-electron chi connectivity index (χ3n) is 6.08. The van der Waals surface area contributed by atoms with Crippen molar-refractivity contribution < 1.29 is 74.8 Å². The summed E-state index contributed by atoms with van der Waals surface area (Å²) < 4.78 is 167. The van der Waals surface area contributed by atoms with Crippen LogP contribution in [0.5, 0.6) is 0 Å². The highest BCUT2D eigenvalue weighted by atomic mass is 32.3. The van der Waals surface area contributed by atoms with Crippen LogP contribution in [0.1, 0.15) is 24.5 Å². The van der Waals surface area contributed by atoms with Crippen LogP contribution < -0.4 is 0 Å². The molecule has 2 aromatic carbocycles. The van der Waals surface area contributed by atoms with E-state index in [0.29, 0.717) is 10.7 Å². The van der Waals surface area contributed by atoms with Gasteiger partial charge in [0.25, 0.3) is 0 Å². The van der Waals surface area contributed by atoms with Crippen LogP contribution in [0.4, 0.5) is 43.9 Å². The number of esters is 1. The molecule has 46 heavy (non-hydrogen) atoms. The van der Waals surface area contributed by atoms with Crippen LogP contribution in [0, 0.1) is 0 Å². The van der Waals surface area contributed by atoms with Crippen molar-refractivity contribution in [3.63, 3.8) is 0 Å². The maximum absolute atomic E-state index is 12.3. The van der Waals surface area contributed by atoms with Gasteiger partial charge in [0.2, 0.25) is 0 Å². The van der Waals surface area contributed by atoms with E-state index in [1.54, 1.807) is 0 Å². The Kier molecular flexibility index (Phi) is 13.8. The number of quaternary nitrogens is 1. The minimum absolute atomic E-state index is 0.347. The summed E-state index contributed by atoms with van der Waals surface area (Å²) in [5.74, 6) is -0.347. The molecule has 0 saturated carbocycles. The van der Waals surface area contributed by atoms with Crippen molar-refractivity contribution in [2.45, 2.75) is 49.3 Å². The van der Waals surface area contributed by atoms with Gasteiger partial charge in [-0.25, -0.2) is 21.6 Å². The van der Waals surface area contributed by atoms with Gasteiger partial charge >= 0.3 is 28.8 Å². The predicted molar refractivity (Wildman–Crippen MR) is 145 cm³/mol. The first-order valence-electron chi connectivity index (χ1n) is 12.7. The lowest BCUT2D eigenvalue weighted by Gasteiger charge is -2.38. The predicted octanol–water partition coefficient (Wildman–Crippen LogP) is 6.67. The van der Waals surface area contributed by atoms with Gasteiger partial charge in [-0.2, -0.15) is 43.9 Å². The zero-order valence-electron chi connectivity index (χ0n) is 23.7. The summed E-state index contributed by atoms with van der Waals surface area (Å²) in [6.45, 7) is 10.1. The number of halogens is 10. The standard InChI is InChI=1S/C22H28NO2.C4F10NO4S2/c1-3-22(24)25-17-11-16-23(4-2,18-20-12-7-5-8-13-20)19-21-14-9-6-10-15-21;5-1(6,7)3(11,12)20(16,17)15-21(18,19)4(13,14)2(8,9)10/h3,5-10,12-15H,1,4,11,16-19H2,2H3;/q+1;-1. The molecule has 0 fully saturated rings. The Morgan fingerprint density at radius 1 is 0.761 bits per heavy atom. The summed E-state index contributed by atoms with van der Waals surface area (Å²) in [7, 11) is -15.2. The zero-order valence-corrected chi connectivity index (χ0v) is 25.4. The van der Waals surface area contributed by atoms with E-state index in [1.165, 1.54) is 17.2 Å². The van der Waals surface area contributed by atoms with Crippen LogP contribution in [0.3, 0.4) is 0 Å². The van der Waals surface area contributed by atoms with Crippen molar-refractivity contribution in [1.29, 1.82) is 0 Å². The van der Waals surface area contributed by atoms with Gasteiger partial charge in [-0.3, -0.25) is 0 Å². The number of nitrogens with zero attached hydrogens (tertiary/aromatic N) is 2. The third-order valence-corrected chi connectivity index (χ3v) is 9.41. The van der Waals surface area contributed by atoms with E-state index in [0.717, 1.165) is 37.1 Å². The molecule has 0 spiro atoms. The molecule has 0 aliphatic rings. The Morgan fingerprint density at radius 2 is 1.13 bits per heavy atom. The largest absolute Gasteiger partial charge is 0.467 e. The quantitative estimate of drug-likeness (QED) is 0.0710. The van der Waals surface area contributed by atoms with Gasteiger partial charge in [-0.15, -0.1) is 0 Å². The van der Waals surface area contributed by atoms with Crippen molar-refractivity contribution in [1.82, 2.24) is 0 Å². The van der Waals surface area contributed by atoms with E-state index in [9.17, 15) is 65.5 Å². The molecule has 0 N–H and O–H groups in total. The second-order valence-electron chi connectivity index (χ2n) is 9.45. The van der Waals surface area contributed by atoms with E-state index in [1.807, 2.05) is 0 Å². The fraction of sp³-hybridized carbons (Fsp3) is 0.423. The van der Waals surface area contributed by atoms with Gasteiger partial charge in [0, 0.05) is 23.6 Å². The number of hydrogen-bond donors (Lipinski definition) is 0. The molecule has 0 saturated heterocycles. The van der Waals surface area contributed by atoms with E-state index in [2.05, 4.69) is 74.2 Å². The maximum Gasteiger partial charge on any atom is 0.467 e. The number of sulfonamides is 2. The van der Waals surface area contributed by atoms with Gasteiger partial charge in [0.1, 0.15) is 13.1 Å². The van der Waals surface area contributed by atoms with Crippen molar-refractivity contribution in [3.05, 3.63) is 88.6 Å². The van der Waals surface area contributed by atoms with E-state index in [4.69, 9.17) is 4.74 Å². The SMILES string of the molecule is C=CC(=O)OCCC[N+](CC)(Cc1ccccc1)Cc1ccccc1.O=S(=O)([N-]S(=O)(=O)C(F)(F)C(F)(F)F)C(F)(F)C(F)(F)F. The minimum atomic E-state index is -7.62. The molecule has 0 aliphatic heterocycles. The lowest BCUT2D eigenvalue weighted by Crippen LogP contribution is -2.48. The van der Waals surface area contributed by atoms with Crippen molar-refractivity contribution in [3.8, 4) is 0 Å². The molecule has 0 radical (unpaired) electrons. The Balaban J connectivity index is 0.000000469. The molecule has 8 nitrogen and oxygen atoms in total. The Bertz CT molecular complexity index is 1410. The van der Waals surface area contributed by atoms with Crippen molar-refractivity contribution >= 4 is 26.0 Å². The number of ether oxygens (including phenoxy) is 1. The van der Waals surface area contributed by atoms with Gasteiger partial charge in [0.15, 0.2) is 20.0 Å². The number of hydrogen-bond acceptors (Lipinski definition) is 6. The summed E-state index contributed by atoms with van der Waals surface area (Å²) in [4.78, 5) is 11.2. The van der Waals surface area contributed by atoms with E-state index >= 15 is 0 Å². The normalized spacial score (nSPS) is 13.4. The van der Waals surface area contributed by atoms with E-state index in [-0.39, 0.29) is 5.97 Å². The first kappa shape index (κ1) is 40.8. The average Bonchev–Trinajstić information content (AvgIpc) is 2.94. The molecule has 2 rings (SSSR count). The van der Waals surface area contributed by atoms with Crippen LogP contribution in [-0.2, 0) is 42.7 Å². The number of rotatable bonds is 14. The average molecular weight is 719 g/mol. The lowest BCUT2D eigenvalue weighted by atomic mass is 10.1. The Morgan fingerprint density at radius 3 is 1.43 bits per heavy atom. The molecule has 2 aromatic rings. The topological polar surface area (TPSA) is 109 Å². The van der Waals surface area contributed by atoms with Crippen LogP contribution in [0.25, 0.3) is 4.13 Å². The number of carbonyl (C=O) groups is 1. The fourth-order valence-corrected chi connectivity index (χ4v) is 6.05. The molecule has 0 amide bonds. The summed E-state index contributed by atoms with van der Waals surface area (Å²) in [6, 6.07) is 21.2. The molecule has 0 aliphatic carbocycles. The molecule has 0 bridgehead atoms. The Labute approximate surface area is 258 Å². The monoisotopic (exact) mass is 718 g/mol. The van der Waals surface area contributed by atoms with Gasteiger partial charge in [-0.05, 0) is 6.92 Å². The van der Waals surface area contributed by atoms with Crippen LogP contribution in [0.15, 0.2) is 73.3 Å². The smallest absolute Gasteiger partial charge is 0.462 e. The van der Waals surface area contributed by atoms with Crippen molar-refractivity contribution in [2.75, 3.05) is 19.7 Å². The van der Waals surface area contributed by atoms with Gasteiger partial charge in [0.05, 0.1) is 19.7 Å². The first-order valence-corrected chi connectivity index (χ1v) is 15.6. The highest BCUT2D eigenvalue weighted by Crippen LogP contribution is 2.47. The molecular formula is C26H28F10N2O6S2. The molecule has 20 heteroatoms. The Hall–Kier alpha value is -3.23. The summed E-state index contributed by atoms with van der Waals surface area (Å²) >= 11 is 0. The summed E-state index contributed by atoms with van der Waals surface area (Å²) in [5.41, 5.74) is 2.67. The second-order valence-corrected chi connectivity index (χ2v) is 13.0.